The minimum absolute atomic E-state index is 0.0468. The van der Waals surface area contributed by atoms with E-state index in [0.29, 0.717) is 12.3 Å². The Hall–Kier alpha value is -2.01. The molecule has 2 N–H and O–H groups in total. The zero-order chi connectivity index (χ0) is 13.7. The quantitative estimate of drug-likeness (QED) is 0.882. The number of methoxy groups -OCH3 is 1. The molecule has 2 rings (SSSR count). The number of phenolic OH excluding ortho intramolecular Hbond substituents is 1. The van der Waals surface area contributed by atoms with Crippen LogP contribution in [0.15, 0.2) is 35.7 Å². The van der Waals surface area contributed by atoms with E-state index in [0.717, 1.165) is 6.42 Å². The number of aromatic hydroxyl groups is 1. The average molecular weight is 277 g/mol. The lowest BCUT2D eigenvalue weighted by molar-refractivity contribution is 0.0951. The van der Waals surface area contributed by atoms with Crippen molar-refractivity contribution in [3.63, 3.8) is 0 Å². The Balaban J connectivity index is 1.95. The number of nitrogens with one attached hydrogen (secondary N) is 1. The molecular formula is C14H15NO3S. The minimum Gasteiger partial charge on any atom is -0.507 e. The summed E-state index contributed by atoms with van der Waals surface area (Å²) in [5, 5.41) is 14.5. The van der Waals surface area contributed by atoms with Gasteiger partial charge in [0.2, 0.25) is 0 Å². The summed E-state index contributed by atoms with van der Waals surface area (Å²) in [6.45, 7) is 0.538. The van der Waals surface area contributed by atoms with E-state index in [1.165, 1.54) is 24.1 Å². The van der Waals surface area contributed by atoms with Gasteiger partial charge >= 0.3 is 0 Å². The lowest BCUT2D eigenvalue weighted by atomic mass is 10.1. The summed E-state index contributed by atoms with van der Waals surface area (Å²) in [5.41, 5.74) is 0.227. The summed E-state index contributed by atoms with van der Waals surface area (Å²) >= 11 is 1.66. The standard InChI is InChI=1S/C14H15NO3S/c1-18-10-4-5-13(16)12(9-10)14(17)15-7-6-11-3-2-8-19-11/h2-5,8-9,16H,6-7H2,1H3,(H,15,17). The highest BCUT2D eigenvalue weighted by molar-refractivity contribution is 7.09. The predicted octanol–water partition coefficient (Wildman–Crippen LogP) is 2.43. The lowest BCUT2D eigenvalue weighted by Crippen LogP contribution is -2.25. The number of phenols is 1. The summed E-state index contributed by atoms with van der Waals surface area (Å²) in [6, 6.07) is 8.59. The third-order valence-corrected chi connectivity index (χ3v) is 3.62. The molecule has 0 fully saturated rings. The highest BCUT2D eigenvalue weighted by Gasteiger charge is 2.11. The van der Waals surface area contributed by atoms with Gasteiger partial charge in [0.05, 0.1) is 12.7 Å². The second-order valence-corrected chi connectivity index (χ2v) is 5.00. The fraction of sp³-hybridized carbons (Fsp3) is 0.214. The summed E-state index contributed by atoms with van der Waals surface area (Å²) < 4.78 is 5.03. The van der Waals surface area contributed by atoms with Crippen molar-refractivity contribution in [1.82, 2.24) is 5.32 Å². The Kier molecular flexibility index (Phi) is 4.41. The normalized spacial score (nSPS) is 10.2. The molecule has 0 bridgehead atoms. The van der Waals surface area contributed by atoms with Crippen molar-refractivity contribution in [2.24, 2.45) is 0 Å². The van der Waals surface area contributed by atoms with Crippen molar-refractivity contribution in [2.45, 2.75) is 6.42 Å². The Morgan fingerprint density at radius 2 is 2.26 bits per heavy atom. The first-order chi connectivity index (χ1) is 9.20. The van der Waals surface area contributed by atoms with E-state index >= 15 is 0 Å². The number of benzene rings is 1. The minimum atomic E-state index is -0.298. The molecule has 0 aliphatic rings. The van der Waals surface area contributed by atoms with Gasteiger partial charge in [-0.1, -0.05) is 6.07 Å². The molecule has 1 amide bonds. The molecule has 0 saturated carbocycles. The van der Waals surface area contributed by atoms with Gasteiger partial charge in [0.25, 0.3) is 5.91 Å². The summed E-state index contributed by atoms with van der Waals surface area (Å²) in [5.74, 6) is 0.198. The fourth-order valence-electron chi connectivity index (χ4n) is 1.67. The van der Waals surface area contributed by atoms with Crippen LogP contribution >= 0.6 is 11.3 Å². The first-order valence-electron chi connectivity index (χ1n) is 5.88. The molecule has 0 radical (unpaired) electrons. The number of thiophene rings is 1. The van der Waals surface area contributed by atoms with Crippen molar-refractivity contribution >= 4 is 17.2 Å². The summed E-state index contributed by atoms with van der Waals surface area (Å²) in [7, 11) is 1.52. The first kappa shape index (κ1) is 13.4. The SMILES string of the molecule is COc1ccc(O)c(C(=O)NCCc2cccs2)c1. The van der Waals surface area contributed by atoms with Crippen LogP contribution in [0.2, 0.25) is 0 Å². The second kappa shape index (κ2) is 6.24. The van der Waals surface area contributed by atoms with Gasteiger partial charge in [0, 0.05) is 11.4 Å². The number of rotatable bonds is 5. The van der Waals surface area contributed by atoms with Gasteiger partial charge in [-0.3, -0.25) is 4.79 Å². The molecule has 100 valence electrons. The van der Waals surface area contributed by atoms with Crippen molar-refractivity contribution < 1.29 is 14.6 Å². The number of amides is 1. The molecule has 0 aliphatic heterocycles. The van der Waals surface area contributed by atoms with Gasteiger partial charge in [-0.05, 0) is 36.1 Å². The van der Waals surface area contributed by atoms with Gasteiger partial charge in [-0.25, -0.2) is 0 Å². The van der Waals surface area contributed by atoms with Crippen LogP contribution in [-0.4, -0.2) is 24.7 Å². The molecule has 1 aromatic heterocycles. The van der Waals surface area contributed by atoms with Gasteiger partial charge in [-0.15, -0.1) is 11.3 Å². The molecule has 1 aromatic carbocycles. The van der Waals surface area contributed by atoms with Crippen molar-refractivity contribution in [3.05, 3.63) is 46.2 Å². The van der Waals surface area contributed by atoms with E-state index in [1.807, 2.05) is 17.5 Å². The van der Waals surface area contributed by atoms with Crippen LogP contribution in [0.4, 0.5) is 0 Å². The summed E-state index contributed by atoms with van der Waals surface area (Å²) in [4.78, 5) is 13.2. The zero-order valence-electron chi connectivity index (χ0n) is 10.6. The van der Waals surface area contributed by atoms with Crippen LogP contribution in [0.25, 0.3) is 0 Å². The fourth-order valence-corrected chi connectivity index (χ4v) is 2.38. The molecule has 2 aromatic rings. The third-order valence-electron chi connectivity index (χ3n) is 2.69. The predicted molar refractivity (Wildman–Crippen MR) is 75.0 cm³/mol. The van der Waals surface area contributed by atoms with Crippen molar-refractivity contribution in [3.8, 4) is 11.5 Å². The smallest absolute Gasteiger partial charge is 0.255 e. The monoisotopic (exact) mass is 277 g/mol. The van der Waals surface area contributed by atoms with Gasteiger partial charge in [0.1, 0.15) is 11.5 Å². The van der Waals surface area contributed by atoms with E-state index in [-0.39, 0.29) is 17.2 Å². The zero-order valence-corrected chi connectivity index (χ0v) is 11.4. The van der Waals surface area contributed by atoms with E-state index in [4.69, 9.17) is 4.74 Å². The van der Waals surface area contributed by atoms with Crippen LogP contribution in [-0.2, 0) is 6.42 Å². The van der Waals surface area contributed by atoms with Gasteiger partial charge < -0.3 is 15.2 Å². The number of carbonyl (C=O) groups is 1. The Morgan fingerprint density at radius 3 is 2.95 bits per heavy atom. The number of ether oxygens (including phenoxy) is 1. The lowest BCUT2D eigenvalue weighted by Gasteiger charge is -2.08. The van der Waals surface area contributed by atoms with Crippen LogP contribution in [0, 0.1) is 0 Å². The molecular weight excluding hydrogens is 262 g/mol. The van der Waals surface area contributed by atoms with Crippen LogP contribution < -0.4 is 10.1 Å². The Bertz CT molecular complexity index is 552. The molecule has 0 unspecified atom stereocenters. The molecule has 0 atom stereocenters. The highest BCUT2D eigenvalue weighted by Crippen LogP contribution is 2.22. The maximum atomic E-state index is 11.9. The van der Waals surface area contributed by atoms with Gasteiger partial charge in [-0.2, -0.15) is 0 Å². The van der Waals surface area contributed by atoms with Crippen LogP contribution in [0.1, 0.15) is 15.2 Å². The maximum absolute atomic E-state index is 11.9. The van der Waals surface area contributed by atoms with E-state index in [1.54, 1.807) is 17.4 Å². The topological polar surface area (TPSA) is 58.6 Å². The van der Waals surface area contributed by atoms with E-state index in [2.05, 4.69) is 5.32 Å². The molecule has 0 spiro atoms. The van der Waals surface area contributed by atoms with Gasteiger partial charge in [0.15, 0.2) is 0 Å². The molecule has 0 aliphatic carbocycles. The molecule has 5 heteroatoms. The first-order valence-corrected chi connectivity index (χ1v) is 6.76. The summed E-state index contributed by atoms with van der Waals surface area (Å²) in [6.07, 6.45) is 0.786. The number of hydrogen-bond donors (Lipinski definition) is 2. The maximum Gasteiger partial charge on any atom is 0.255 e. The van der Waals surface area contributed by atoms with Crippen LogP contribution in [0.5, 0.6) is 11.5 Å². The number of carbonyl (C=O) groups excluding carboxylic acids is 1. The number of hydrogen-bond acceptors (Lipinski definition) is 4. The van der Waals surface area contributed by atoms with E-state index in [9.17, 15) is 9.90 Å². The van der Waals surface area contributed by atoms with Crippen LogP contribution in [0.3, 0.4) is 0 Å². The Morgan fingerprint density at radius 1 is 1.42 bits per heavy atom. The second-order valence-electron chi connectivity index (χ2n) is 3.97. The highest BCUT2D eigenvalue weighted by atomic mass is 32.1. The van der Waals surface area contributed by atoms with E-state index < -0.39 is 0 Å². The third kappa shape index (κ3) is 3.48. The molecule has 0 saturated heterocycles. The molecule has 19 heavy (non-hydrogen) atoms. The molecule has 4 nitrogen and oxygen atoms in total. The Labute approximate surface area is 115 Å². The van der Waals surface area contributed by atoms with Crippen molar-refractivity contribution in [2.75, 3.05) is 13.7 Å². The largest absolute Gasteiger partial charge is 0.507 e. The molecule has 1 heterocycles. The van der Waals surface area contributed by atoms with Crippen molar-refractivity contribution in [1.29, 1.82) is 0 Å². The average Bonchev–Trinajstić information content (AvgIpc) is 2.92.